The van der Waals surface area contributed by atoms with Crippen molar-refractivity contribution in [3.63, 3.8) is 0 Å². The predicted molar refractivity (Wildman–Crippen MR) is 115 cm³/mol. The van der Waals surface area contributed by atoms with Crippen LogP contribution in [0.3, 0.4) is 0 Å². The number of hydrogen-bond donors (Lipinski definition) is 1. The highest BCUT2D eigenvalue weighted by molar-refractivity contribution is 5.86. The Morgan fingerprint density at radius 1 is 1.07 bits per heavy atom. The van der Waals surface area contributed by atoms with Gasteiger partial charge in [-0.3, -0.25) is 4.79 Å². The first kappa shape index (κ1) is 22.6. The lowest BCUT2D eigenvalue weighted by molar-refractivity contribution is -0.134. The second kappa shape index (κ2) is 10.2. The molecule has 0 unspecified atom stereocenters. The minimum atomic E-state index is -1.25. The lowest BCUT2D eigenvalue weighted by atomic mass is 9.97. The molecule has 0 saturated carbocycles. The van der Waals surface area contributed by atoms with E-state index in [4.69, 9.17) is 9.15 Å². The molecule has 0 fully saturated rings. The van der Waals surface area contributed by atoms with Crippen LogP contribution in [0.5, 0.6) is 5.75 Å². The summed E-state index contributed by atoms with van der Waals surface area (Å²) >= 11 is 0. The minimum Gasteiger partial charge on any atom is -0.489 e. The highest BCUT2D eigenvalue weighted by Gasteiger charge is 2.22. The molecule has 0 aliphatic heterocycles. The number of aliphatic hydroxyl groups is 1. The fourth-order valence-corrected chi connectivity index (χ4v) is 2.78. The van der Waals surface area contributed by atoms with Crippen LogP contribution in [-0.2, 0) is 4.79 Å². The first-order valence-corrected chi connectivity index (χ1v) is 9.89. The average Bonchev–Trinajstić information content (AvgIpc) is 2.65. The number of allylic oxidation sites excluding steroid dienone is 3. The molecular formula is C24H30O5. The van der Waals surface area contributed by atoms with Crippen molar-refractivity contribution in [2.75, 3.05) is 6.61 Å². The smallest absolute Gasteiger partial charge is 0.336 e. The molecular weight excluding hydrogens is 368 g/mol. The third-order valence-electron chi connectivity index (χ3n) is 4.74. The number of rotatable bonds is 10. The molecule has 1 N–H and O–H groups in total. The Labute approximate surface area is 171 Å². The van der Waals surface area contributed by atoms with E-state index in [1.807, 2.05) is 25.1 Å². The van der Waals surface area contributed by atoms with Crippen molar-refractivity contribution >= 4 is 16.8 Å². The van der Waals surface area contributed by atoms with Gasteiger partial charge in [0.15, 0.2) is 5.78 Å². The van der Waals surface area contributed by atoms with E-state index < -0.39 is 5.60 Å². The summed E-state index contributed by atoms with van der Waals surface area (Å²) in [5.41, 5.74) is 1.26. The molecule has 0 spiro atoms. The fraction of sp³-hybridized carbons (Fsp3) is 0.417. The maximum absolute atomic E-state index is 11.8. The third-order valence-corrected chi connectivity index (χ3v) is 4.74. The van der Waals surface area contributed by atoms with Crippen LogP contribution in [0, 0.1) is 0 Å². The lowest BCUT2D eigenvalue weighted by Gasteiger charge is -2.15. The Morgan fingerprint density at radius 2 is 1.76 bits per heavy atom. The molecule has 1 aromatic carbocycles. The van der Waals surface area contributed by atoms with E-state index in [-0.39, 0.29) is 11.4 Å². The number of Topliss-reactive ketones (excluding diaryl/α,β-unsaturated/α-hetero) is 1. The van der Waals surface area contributed by atoms with Crippen LogP contribution in [-0.4, -0.2) is 23.1 Å². The molecule has 1 heterocycles. The van der Waals surface area contributed by atoms with E-state index in [1.54, 1.807) is 12.1 Å². The van der Waals surface area contributed by atoms with Crippen LogP contribution in [0.1, 0.15) is 53.4 Å². The Morgan fingerprint density at radius 3 is 2.48 bits per heavy atom. The standard InChI is InChI=1S/C24H30O5/c1-17(8-12-22(25)24(3,4)27)6-5-7-18(2)14-15-28-20-11-9-19-10-13-23(26)29-21(19)16-20/h6,9-11,13-14,16,27H,5,7-8,12,15H2,1-4H3/b17-6+,18-14+. The summed E-state index contributed by atoms with van der Waals surface area (Å²) in [7, 11) is 0. The molecule has 2 rings (SSSR count). The second-order valence-electron chi connectivity index (χ2n) is 7.89. The molecule has 29 heavy (non-hydrogen) atoms. The quantitative estimate of drug-likeness (QED) is 0.452. The first-order chi connectivity index (χ1) is 13.6. The van der Waals surface area contributed by atoms with Crippen molar-refractivity contribution in [1.82, 2.24) is 0 Å². The minimum absolute atomic E-state index is 0.133. The summed E-state index contributed by atoms with van der Waals surface area (Å²) in [6.07, 6.45) is 7.01. The third kappa shape index (κ3) is 7.70. The highest BCUT2D eigenvalue weighted by atomic mass is 16.5. The van der Waals surface area contributed by atoms with E-state index in [1.165, 1.54) is 25.5 Å². The zero-order valence-corrected chi connectivity index (χ0v) is 17.7. The van der Waals surface area contributed by atoms with E-state index in [2.05, 4.69) is 13.0 Å². The number of carbonyl (C=O) groups excluding carboxylic acids is 1. The van der Waals surface area contributed by atoms with Crippen LogP contribution in [0.25, 0.3) is 11.0 Å². The molecule has 0 aliphatic rings. The summed E-state index contributed by atoms with van der Waals surface area (Å²) in [6, 6.07) is 8.56. The van der Waals surface area contributed by atoms with E-state index in [0.717, 1.165) is 23.8 Å². The topological polar surface area (TPSA) is 76.7 Å². The molecule has 1 aromatic heterocycles. The van der Waals surface area contributed by atoms with E-state index in [0.29, 0.717) is 30.8 Å². The zero-order valence-electron chi connectivity index (χ0n) is 17.7. The van der Waals surface area contributed by atoms with Crippen LogP contribution in [0.2, 0.25) is 0 Å². The number of ether oxygens (including phenoxy) is 1. The highest BCUT2D eigenvalue weighted by Crippen LogP contribution is 2.20. The van der Waals surface area contributed by atoms with Crippen molar-refractivity contribution in [3.05, 3.63) is 64.1 Å². The second-order valence-corrected chi connectivity index (χ2v) is 7.89. The van der Waals surface area contributed by atoms with Gasteiger partial charge in [0.25, 0.3) is 0 Å². The summed E-state index contributed by atoms with van der Waals surface area (Å²) < 4.78 is 10.9. The lowest BCUT2D eigenvalue weighted by Crippen LogP contribution is -2.30. The summed E-state index contributed by atoms with van der Waals surface area (Å²) in [6.45, 7) is 7.57. The van der Waals surface area contributed by atoms with Gasteiger partial charge in [-0.15, -0.1) is 0 Å². The van der Waals surface area contributed by atoms with Crippen molar-refractivity contribution in [2.24, 2.45) is 0 Å². The van der Waals surface area contributed by atoms with Gasteiger partial charge in [-0.2, -0.15) is 0 Å². The van der Waals surface area contributed by atoms with Crippen molar-refractivity contribution in [2.45, 2.75) is 59.0 Å². The SMILES string of the molecule is C/C(=C\COc1ccc2ccc(=O)oc2c1)CC/C=C(\C)CCC(=O)C(C)(C)O. The molecule has 0 saturated heterocycles. The Hall–Kier alpha value is -2.66. The molecule has 156 valence electrons. The predicted octanol–water partition coefficient (Wildman–Crippen LogP) is 4.96. The van der Waals surface area contributed by atoms with Crippen LogP contribution < -0.4 is 10.4 Å². The van der Waals surface area contributed by atoms with E-state index in [9.17, 15) is 14.7 Å². The van der Waals surface area contributed by atoms with Crippen molar-refractivity contribution in [1.29, 1.82) is 0 Å². The number of fused-ring (bicyclic) bond motifs is 1. The van der Waals surface area contributed by atoms with Crippen molar-refractivity contribution < 1.29 is 19.1 Å². The van der Waals surface area contributed by atoms with Gasteiger partial charge >= 0.3 is 5.63 Å². The molecule has 5 heteroatoms. The zero-order chi connectivity index (χ0) is 21.4. The number of carbonyl (C=O) groups is 1. The monoisotopic (exact) mass is 398 g/mol. The maximum Gasteiger partial charge on any atom is 0.336 e. The molecule has 0 radical (unpaired) electrons. The van der Waals surface area contributed by atoms with Gasteiger partial charge < -0.3 is 14.3 Å². The van der Waals surface area contributed by atoms with Crippen LogP contribution >= 0.6 is 0 Å². The molecule has 0 amide bonds. The van der Waals surface area contributed by atoms with Crippen LogP contribution in [0.4, 0.5) is 0 Å². The first-order valence-electron chi connectivity index (χ1n) is 9.89. The Kier molecular flexibility index (Phi) is 7.97. The van der Waals surface area contributed by atoms with Gasteiger partial charge in [0.05, 0.1) is 0 Å². The summed E-state index contributed by atoms with van der Waals surface area (Å²) in [4.78, 5) is 23.1. The number of hydrogen-bond acceptors (Lipinski definition) is 5. The fourth-order valence-electron chi connectivity index (χ4n) is 2.78. The van der Waals surface area contributed by atoms with Gasteiger partial charge in [0, 0.05) is 23.9 Å². The van der Waals surface area contributed by atoms with E-state index >= 15 is 0 Å². The normalized spacial score (nSPS) is 13.0. The van der Waals surface area contributed by atoms with Gasteiger partial charge in [-0.1, -0.05) is 17.2 Å². The Balaban J connectivity index is 1.77. The molecule has 0 atom stereocenters. The number of ketones is 1. The van der Waals surface area contributed by atoms with Gasteiger partial charge in [0.2, 0.25) is 0 Å². The van der Waals surface area contributed by atoms with Crippen molar-refractivity contribution in [3.8, 4) is 5.75 Å². The van der Waals surface area contributed by atoms with Gasteiger partial charge in [0.1, 0.15) is 23.5 Å². The molecule has 5 nitrogen and oxygen atoms in total. The molecule has 0 bridgehead atoms. The summed E-state index contributed by atoms with van der Waals surface area (Å²) in [5.74, 6) is 0.523. The molecule has 2 aromatic rings. The summed E-state index contributed by atoms with van der Waals surface area (Å²) in [5, 5.41) is 10.5. The Bertz CT molecular complexity index is 957. The largest absolute Gasteiger partial charge is 0.489 e. The van der Waals surface area contributed by atoms with Crippen LogP contribution in [0.15, 0.2) is 62.8 Å². The van der Waals surface area contributed by atoms with Gasteiger partial charge in [-0.25, -0.2) is 4.79 Å². The maximum atomic E-state index is 11.8. The number of benzene rings is 1. The van der Waals surface area contributed by atoms with Gasteiger partial charge in [-0.05, 0) is 71.2 Å². The molecule has 0 aliphatic carbocycles. The average molecular weight is 398 g/mol.